The van der Waals surface area contributed by atoms with E-state index in [0.717, 1.165) is 21.4 Å². The average Bonchev–Trinajstić information content (AvgIpc) is 3.61. The summed E-state index contributed by atoms with van der Waals surface area (Å²) in [5.41, 5.74) is 8.49. The van der Waals surface area contributed by atoms with E-state index < -0.39 is 77.9 Å². The van der Waals surface area contributed by atoms with Crippen LogP contribution >= 0.6 is 0 Å². The molecule has 4 aromatic rings. The van der Waals surface area contributed by atoms with E-state index in [-0.39, 0.29) is 32.2 Å². The summed E-state index contributed by atoms with van der Waals surface area (Å²) in [6.07, 6.45) is 0.614. The van der Waals surface area contributed by atoms with E-state index in [4.69, 9.17) is 10.5 Å². The summed E-state index contributed by atoms with van der Waals surface area (Å²) in [7, 11) is 1.29. The van der Waals surface area contributed by atoms with Crippen molar-refractivity contribution in [1.29, 1.82) is 0 Å². The minimum absolute atomic E-state index is 0.00973. The Kier molecular flexibility index (Phi) is 16.8. The molecule has 17 nitrogen and oxygen atoms in total. The lowest BCUT2D eigenvalue weighted by molar-refractivity contribution is -0.146. The molecule has 3 aromatic carbocycles. The Morgan fingerprint density at radius 2 is 1.44 bits per heavy atom. The zero-order chi connectivity index (χ0) is 44.7. The first-order valence-corrected chi connectivity index (χ1v) is 20.0. The van der Waals surface area contributed by atoms with Gasteiger partial charge in [0, 0.05) is 49.2 Å². The number of urea groups is 1. The number of carboxylic acid groups (broad SMARTS) is 1. The minimum Gasteiger partial charge on any atom is -0.481 e. The molecule has 17 heteroatoms. The number of unbranched alkanes of at least 4 members (excludes halogenated alkanes) is 1. The van der Waals surface area contributed by atoms with Crippen LogP contribution in [0.5, 0.6) is 0 Å². The number of alkyl carbamates (subject to hydrolysis) is 1. The lowest BCUT2D eigenvalue weighted by Crippen LogP contribution is -2.59. The summed E-state index contributed by atoms with van der Waals surface area (Å²) in [4.78, 5) is 96.6. The fraction of sp³-hybridized carbons (Fsp3) is 0.386. The number of hydrogen-bond donors (Lipinski definition) is 8. The first kappa shape index (κ1) is 46.8. The Balaban J connectivity index is 1.56. The lowest BCUT2D eigenvalue weighted by atomic mass is 10.0. The number of aliphatic carboxylic acids is 1. The molecule has 1 aromatic heterocycles. The van der Waals surface area contributed by atoms with Crippen molar-refractivity contribution in [3.63, 3.8) is 0 Å². The summed E-state index contributed by atoms with van der Waals surface area (Å²) >= 11 is 0. The molecule has 0 bridgehead atoms. The van der Waals surface area contributed by atoms with Crippen LogP contribution in [0.1, 0.15) is 63.1 Å². The quantitative estimate of drug-likeness (QED) is 0.0600. The van der Waals surface area contributed by atoms with Crippen LogP contribution < -0.4 is 32.3 Å². The second-order valence-electron chi connectivity index (χ2n) is 15.7. The highest BCUT2D eigenvalue weighted by molar-refractivity contribution is 5.97. The SMILES string of the molecule is Cc1ccccc1NC(=O)NCCCC[C@@H](NC(=O)[C@H](Cc1c[nH]c2ccccc12)NC(=O)OC(C)(C)C)C(=O)N[C@@H](CC(=O)O)C(=O)N(C)[C@@H](Cc1ccccc1)C(N)=O. The van der Waals surface area contributed by atoms with Crippen molar-refractivity contribution < 1.29 is 43.4 Å². The molecule has 4 rings (SSSR count). The van der Waals surface area contributed by atoms with Crippen molar-refractivity contribution in [3.05, 3.63) is 102 Å². The van der Waals surface area contributed by atoms with Gasteiger partial charge in [-0.15, -0.1) is 0 Å². The van der Waals surface area contributed by atoms with Gasteiger partial charge in [0.05, 0.1) is 6.42 Å². The number of primary amides is 1. The van der Waals surface area contributed by atoms with Gasteiger partial charge in [-0.1, -0.05) is 66.7 Å². The Hall–Kier alpha value is -6.91. The number of nitrogens with zero attached hydrogens (tertiary/aromatic N) is 1. The molecule has 0 aliphatic heterocycles. The fourth-order valence-electron chi connectivity index (χ4n) is 6.59. The van der Waals surface area contributed by atoms with Crippen LogP contribution in [0.25, 0.3) is 10.9 Å². The number of carbonyl (C=O) groups excluding carboxylic acids is 6. The van der Waals surface area contributed by atoms with Gasteiger partial charge in [0.25, 0.3) is 0 Å². The summed E-state index contributed by atoms with van der Waals surface area (Å²) in [6, 6.07) is 17.5. The number of aromatic amines is 1. The minimum atomic E-state index is -1.67. The van der Waals surface area contributed by atoms with E-state index in [1.165, 1.54) is 7.05 Å². The summed E-state index contributed by atoms with van der Waals surface area (Å²) < 4.78 is 5.46. The predicted octanol–water partition coefficient (Wildman–Crippen LogP) is 3.90. The predicted molar refractivity (Wildman–Crippen MR) is 229 cm³/mol. The molecule has 0 spiro atoms. The molecule has 326 valence electrons. The number of nitrogens with two attached hydrogens (primary N) is 1. The van der Waals surface area contributed by atoms with Crippen LogP contribution in [-0.4, -0.2) is 100 Å². The van der Waals surface area contributed by atoms with E-state index in [9.17, 15) is 38.7 Å². The Morgan fingerprint density at radius 3 is 2.11 bits per heavy atom. The molecule has 7 amide bonds. The molecule has 9 N–H and O–H groups in total. The normalized spacial score (nSPS) is 13.1. The number of benzene rings is 3. The molecule has 4 atom stereocenters. The molecule has 0 aliphatic carbocycles. The fourth-order valence-corrected chi connectivity index (χ4v) is 6.59. The smallest absolute Gasteiger partial charge is 0.408 e. The van der Waals surface area contributed by atoms with Crippen LogP contribution in [0, 0.1) is 6.92 Å². The molecular formula is C44H56N8O9. The van der Waals surface area contributed by atoms with Gasteiger partial charge in [-0.2, -0.15) is 0 Å². The number of para-hydroxylation sites is 2. The van der Waals surface area contributed by atoms with Crippen LogP contribution in [-0.2, 0) is 41.6 Å². The number of carbonyl (C=O) groups is 7. The molecule has 0 saturated carbocycles. The summed E-state index contributed by atoms with van der Waals surface area (Å²) in [6.45, 7) is 7.06. The topological polar surface area (TPSA) is 254 Å². The third-order valence-corrected chi connectivity index (χ3v) is 9.75. The van der Waals surface area contributed by atoms with Crippen LogP contribution in [0.15, 0.2) is 85.1 Å². The van der Waals surface area contributed by atoms with Crippen LogP contribution in [0.2, 0.25) is 0 Å². The zero-order valence-electron chi connectivity index (χ0n) is 35.1. The van der Waals surface area contributed by atoms with E-state index in [0.29, 0.717) is 23.2 Å². The van der Waals surface area contributed by atoms with Gasteiger partial charge in [-0.25, -0.2) is 9.59 Å². The second kappa shape index (κ2) is 21.9. The number of H-pyrrole nitrogens is 1. The van der Waals surface area contributed by atoms with Gasteiger partial charge in [-0.3, -0.25) is 24.0 Å². The van der Waals surface area contributed by atoms with Gasteiger partial charge in [0.1, 0.15) is 29.8 Å². The monoisotopic (exact) mass is 840 g/mol. The maximum absolute atomic E-state index is 14.2. The van der Waals surface area contributed by atoms with E-state index in [2.05, 4.69) is 31.6 Å². The standard InChI is InChI=1S/C44H56N8O9/c1-27-15-9-11-19-31(27)50-42(59)46-22-14-13-21-33(39(56)49-35(25-37(53)54)41(58)52(5)36(38(45)55)23-28-16-7-6-8-17-28)48-40(57)34(51-43(60)61-44(2,3)4)24-29-26-47-32-20-12-10-18-30(29)32/h6-12,15-20,26,33-36,47H,13-14,21-25H2,1-5H3,(H2,45,55)(H,48,57)(H,49,56)(H,51,60)(H,53,54)(H2,46,50,59)/t33-,34+,35+,36+/m1/s1. The van der Waals surface area contributed by atoms with Crippen molar-refractivity contribution in [1.82, 2.24) is 31.2 Å². The number of fused-ring (bicyclic) bond motifs is 1. The molecule has 61 heavy (non-hydrogen) atoms. The van der Waals surface area contributed by atoms with E-state index >= 15 is 0 Å². The number of carboxylic acids is 1. The van der Waals surface area contributed by atoms with Gasteiger partial charge in [0.15, 0.2) is 0 Å². The summed E-state index contributed by atoms with van der Waals surface area (Å²) in [5.74, 6) is -4.81. The maximum atomic E-state index is 14.2. The number of hydrogen-bond acceptors (Lipinski definition) is 8. The summed E-state index contributed by atoms with van der Waals surface area (Å²) in [5, 5.41) is 24.0. The van der Waals surface area contributed by atoms with Crippen molar-refractivity contribution in [2.75, 3.05) is 18.9 Å². The Bertz CT molecular complexity index is 2170. The molecule has 0 unspecified atom stereocenters. The highest BCUT2D eigenvalue weighted by atomic mass is 16.6. The molecule has 1 heterocycles. The zero-order valence-corrected chi connectivity index (χ0v) is 35.1. The highest BCUT2D eigenvalue weighted by Gasteiger charge is 2.35. The number of nitrogens with one attached hydrogen (secondary N) is 6. The van der Waals surface area contributed by atoms with Gasteiger partial charge in [0.2, 0.25) is 23.6 Å². The van der Waals surface area contributed by atoms with Crippen molar-refractivity contribution in [2.24, 2.45) is 5.73 Å². The lowest BCUT2D eigenvalue weighted by Gasteiger charge is -2.30. The third kappa shape index (κ3) is 14.7. The molecule has 0 saturated heterocycles. The van der Waals surface area contributed by atoms with E-state index in [1.807, 2.05) is 43.3 Å². The molecule has 0 fully saturated rings. The maximum Gasteiger partial charge on any atom is 0.408 e. The molecular weight excluding hydrogens is 785 g/mol. The average molecular weight is 841 g/mol. The number of anilines is 1. The molecule has 0 aliphatic rings. The first-order chi connectivity index (χ1) is 28.9. The number of amides is 7. The number of likely N-dealkylation sites (N-methyl/N-ethyl adjacent to an activating group) is 1. The second-order valence-corrected chi connectivity index (χ2v) is 15.7. The number of aromatic nitrogens is 1. The van der Waals surface area contributed by atoms with Crippen LogP contribution in [0.4, 0.5) is 15.3 Å². The third-order valence-electron chi connectivity index (χ3n) is 9.75. The van der Waals surface area contributed by atoms with Gasteiger partial charge >= 0.3 is 18.1 Å². The Morgan fingerprint density at radius 1 is 0.803 bits per heavy atom. The van der Waals surface area contributed by atoms with Gasteiger partial charge < -0.3 is 52.0 Å². The van der Waals surface area contributed by atoms with Crippen molar-refractivity contribution in [2.45, 2.75) is 96.0 Å². The molecule has 0 radical (unpaired) electrons. The van der Waals surface area contributed by atoms with Crippen molar-refractivity contribution >= 4 is 58.3 Å². The number of rotatable bonds is 20. The first-order valence-electron chi connectivity index (χ1n) is 20.0. The van der Waals surface area contributed by atoms with Crippen molar-refractivity contribution in [3.8, 4) is 0 Å². The van der Waals surface area contributed by atoms with E-state index in [1.54, 1.807) is 69.4 Å². The number of ether oxygens (including phenoxy) is 1. The highest BCUT2D eigenvalue weighted by Crippen LogP contribution is 2.20. The Labute approximate surface area is 354 Å². The van der Waals surface area contributed by atoms with Crippen LogP contribution in [0.3, 0.4) is 0 Å². The van der Waals surface area contributed by atoms with Gasteiger partial charge in [-0.05, 0) is 75.8 Å². The number of aryl methyl sites for hydroxylation is 1. The largest absolute Gasteiger partial charge is 0.481 e.